The zero-order chi connectivity index (χ0) is 14.0. The monoisotopic (exact) mass is 260 g/mol. The Morgan fingerprint density at radius 2 is 1.74 bits per heavy atom. The minimum absolute atomic E-state index is 0.0167. The molecule has 1 fully saturated rings. The van der Waals surface area contributed by atoms with Crippen molar-refractivity contribution in [3.63, 3.8) is 0 Å². The van der Waals surface area contributed by atoms with Gasteiger partial charge in [-0.05, 0) is 32.9 Å². The molecule has 1 aliphatic heterocycles. The largest absolute Gasteiger partial charge is 0.335 e. The van der Waals surface area contributed by atoms with E-state index in [0.29, 0.717) is 18.7 Å². The number of hydrogen-bond acceptors (Lipinski definition) is 2. The number of carbonyl (C=O) groups is 2. The van der Waals surface area contributed by atoms with E-state index in [2.05, 4.69) is 0 Å². The van der Waals surface area contributed by atoms with Crippen LogP contribution in [-0.4, -0.2) is 46.8 Å². The molecule has 1 aliphatic rings. The summed E-state index contributed by atoms with van der Waals surface area (Å²) in [5, 5.41) is 0. The van der Waals surface area contributed by atoms with E-state index in [1.54, 1.807) is 17.0 Å². The Morgan fingerprint density at radius 1 is 1.11 bits per heavy atom. The lowest BCUT2D eigenvalue weighted by Crippen LogP contribution is -2.57. The Morgan fingerprint density at radius 3 is 2.26 bits per heavy atom. The van der Waals surface area contributed by atoms with Gasteiger partial charge in [0.25, 0.3) is 5.91 Å². The third-order valence-corrected chi connectivity index (χ3v) is 3.34. The van der Waals surface area contributed by atoms with Crippen LogP contribution >= 0.6 is 0 Å². The first-order valence-corrected chi connectivity index (χ1v) is 6.54. The quantitative estimate of drug-likeness (QED) is 0.772. The second-order valence-electron chi connectivity index (χ2n) is 5.81. The van der Waals surface area contributed by atoms with Crippen molar-refractivity contribution in [3.8, 4) is 0 Å². The van der Waals surface area contributed by atoms with Gasteiger partial charge in [0, 0.05) is 24.2 Å². The van der Waals surface area contributed by atoms with Gasteiger partial charge in [0.05, 0.1) is 0 Å². The van der Waals surface area contributed by atoms with Crippen LogP contribution in [0.3, 0.4) is 0 Å². The van der Waals surface area contributed by atoms with Crippen LogP contribution in [0.1, 0.15) is 31.1 Å². The molecule has 0 atom stereocenters. The minimum Gasteiger partial charge on any atom is -0.335 e. The van der Waals surface area contributed by atoms with Crippen molar-refractivity contribution < 1.29 is 9.59 Å². The molecule has 4 heteroatoms. The van der Waals surface area contributed by atoms with E-state index in [4.69, 9.17) is 0 Å². The molecule has 0 saturated carbocycles. The predicted octanol–water partition coefficient (Wildman–Crippen LogP) is 1.77. The fourth-order valence-electron chi connectivity index (χ4n) is 2.32. The van der Waals surface area contributed by atoms with Crippen molar-refractivity contribution >= 4 is 11.8 Å². The summed E-state index contributed by atoms with van der Waals surface area (Å²) in [4.78, 5) is 27.8. The van der Waals surface area contributed by atoms with Gasteiger partial charge in [0.1, 0.15) is 6.54 Å². The van der Waals surface area contributed by atoms with E-state index in [9.17, 15) is 9.59 Å². The molecule has 1 heterocycles. The van der Waals surface area contributed by atoms with E-state index in [0.717, 1.165) is 0 Å². The third kappa shape index (κ3) is 2.95. The molecule has 1 aromatic carbocycles. The molecule has 4 nitrogen and oxygen atoms in total. The Balaban J connectivity index is 2.07. The number of rotatable bonds is 1. The molecule has 0 bridgehead atoms. The average Bonchev–Trinajstić information content (AvgIpc) is 2.37. The van der Waals surface area contributed by atoms with E-state index >= 15 is 0 Å². The first kappa shape index (κ1) is 13.6. The lowest BCUT2D eigenvalue weighted by Gasteiger charge is -2.42. The highest BCUT2D eigenvalue weighted by molar-refractivity contribution is 5.97. The van der Waals surface area contributed by atoms with Crippen molar-refractivity contribution in [1.29, 1.82) is 0 Å². The maximum Gasteiger partial charge on any atom is 0.254 e. The Kier molecular flexibility index (Phi) is 3.60. The predicted molar refractivity (Wildman–Crippen MR) is 73.8 cm³/mol. The second-order valence-corrected chi connectivity index (χ2v) is 5.81. The van der Waals surface area contributed by atoms with E-state index < -0.39 is 0 Å². The molecular formula is C15H20N2O2. The lowest BCUT2D eigenvalue weighted by molar-refractivity contribution is -0.140. The van der Waals surface area contributed by atoms with Gasteiger partial charge in [0.2, 0.25) is 5.91 Å². The summed E-state index contributed by atoms with van der Waals surface area (Å²) in [6, 6.07) is 9.10. The SMILES string of the molecule is CC(C)(C)N1CCN(C(=O)c2ccccc2)CC1=O. The molecular weight excluding hydrogens is 240 g/mol. The standard InChI is InChI=1S/C15H20N2O2/c1-15(2,3)17-10-9-16(11-13(17)18)14(19)12-7-5-4-6-8-12/h4-8H,9-11H2,1-3H3. The molecule has 0 spiro atoms. The fraction of sp³-hybridized carbons (Fsp3) is 0.467. The maximum absolute atomic E-state index is 12.3. The number of piperazine rings is 1. The van der Waals surface area contributed by atoms with Gasteiger partial charge >= 0.3 is 0 Å². The van der Waals surface area contributed by atoms with Gasteiger partial charge in [-0.2, -0.15) is 0 Å². The van der Waals surface area contributed by atoms with Crippen LogP contribution in [0.15, 0.2) is 30.3 Å². The molecule has 0 radical (unpaired) electrons. The van der Waals surface area contributed by atoms with Gasteiger partial charge in [-0.3, -0.25) is 9.59 Å². The highest BCUT2D eigenvalue weighted by atomic mass is 16.2. The van der Waals surface area contributed by atoms with Crippen LogP contribution in [0.5, 0.6) is 0 Å². The molecule has 2 amide bonds. The van der Waals surface area contributed by atoms with Crippen molar-refractivity contribution in [1.82, 2.24) is 9.80 Å². The summed E-state index contributed by atoms with van der Waals surface area (Å²) < 4.78 is 0. The van der Waals surface area contributed by atoms with E-state index in [1.165, 1.54) is 0 Å². The molecule has 0 aromatic heterocycles. The number of hydrogen-bond donors (Lipinski definition) is 0. The summed E-state index contributed by atoms with van der Waals surface area (Å²) in [6.07, 6.45) is 0. The van der Waals surface area contributed by atoms with Crippen molar-refractivity contribution in [2.24, 2.45) is 0 Å². The zero-order valence-electron chi connectivity index (χ0n) is 11.7. The Labute approximate surface area is 114 Å². The first-order chi connectivity index (χ1) is 8.89. The summed E-state index contributed by atoms with van der Waals surface area (Å²) in [6.45, 7) is 7.40. The van der Waals surface area contributed by atoms with Gasteiger partial charge in [-0.15, -0.1) is 0 Å². The number of carbonyl (C=O) groups excluding carboxylic acids is 2. The molecule has 2 rings (SSSR count). The van der Waals surface area contributed by atoms with Crippen LogP contribution < -0.4 is 0 Å². The van der Waals surface area contributed by atoms with Gasteiger partial charge in [-0.25, -0.2) is 0 Å². The molecule has 102 valence electrons. The van der Waals surface area contributed by atoms with Gasteiger partial charge in [-0.1, -0.05) is 18.2 Å². The summed E-state index contributed by atoms with van der Waals surface area (Å²) in [5.74, 6) is -0.0504. The topological polar surface area (TPSA) is 40.6 Å². The van der Waals surface area contributed by atoms with Crippen LogP contribution in [0.25, 0.3) is 0 Å². The van der Waals surface area contributed by atoms with E-state index in [-0.39, 0.29) is 23.9 Å². The maximum atomic E-state index is 12.3. The third-order valence-electron chi connectivity index (χ3n) is 3.34. The minimum atomic E-state index is -0.182. The summed E-state index contributed by atoms with van der Waals surface area (Å²) in [5.41, 5.74) is 0.457. The molecule has 0 N–H and O–H groups in total. The van der Waals surface area contributed by atoms with Crippen LogP contribution in [0.2, 0.25) is 0 Å². The Hall–Kier alpha value is -1.84. The number of amides is 2. The lowest BCUT2D eigenvalue weighted by atomic mass is 10.0. The normalized spacial score (nSPS) is 16.7. The smallest absolute Gasteiger partial charge is 0.254 e. The molecule has 1 saturated heterocycles. The van der Waals surface area contributed by atoms with Crippen LogP contribution in [-0.2, 0) is 4.79 Å². The van der Waals surface area contributed by atoms with Crippen molar-refractivity contribution in [2.75, 3.05) is 19.6 Å². The highest BCUT2D eigenvalue weighted by Gasteiger charge is 2.33. The second kappa shape index (κ2) is 5.03. The van der Waals surface area contributed by atoms with Crippen molar-refractivity contribution in [3.05, 3.63) is 35.9 Å². The summed E-state index contributed by atoms with van der Waals surface area (Å²) >= 11 is 0. The zero-order valence-corrected chi connectivity index (χ0v) is 11.7. The van der Waals surface area contributed by atoms with Gasteiger partial charge < -0.3 is 9.80 Å². The van der Waals surface area contributed by atoms with Gasteiger partial charge in [0.15, 0.2) is 0 Å². The van der Waals surface area contributed by atoms with E-state index in [1.807, 2.05) is 43.9 Å². The van der Waals surface area contributed by atoms with Crippen LogP contribution in [0.4, 0.5) is 0 Å². The first-order valence-electron chi connectivity index (χ1n) is 6.54. The summed E-state index contributed by atoms with van der Waals surface area (Å²) in [7, 11) is 0. The molecule has 0 unspecified atom stereocenters. The highest BCUT2D eigenvalue weighted by Crippen LogP contribution is 2.18. The number of nitrogens with zero attached hydrogens (tertiary/aromatic N) is 2. The molecule has 1 aromatic rings. The molecule has 19 heavy (non-hydrogen) atoms. The van der Waals surface area contributed by atoms with Crippen LogP contribution in [0, 0.1) is 0 Å². The Bertz CT molecular complexity index is 477. The fourth-order valence-corrected chi connectivity index (χ4v) is 2.32. The average molecular weight is 260 g/mol. The van der Waals surface area contributed by atoms with Crippen molar-refractivity contribution in [2.45, 2.75) is 26.3 Å². The molecule has 0 aliphatic carbocycles. The number of benzene rings is 1.